The van der Waals surface area contributed by atoms with Crippen molar-refractivity contribution in [3.8, 4) is 0 Å². The van der Waals surface area contributed by atoms with Crippen LogP contribution in [0.2, 0.25) is 0 Å². The van der Waals surface area contributed by atoms with Crippen LogP contribution in [0.5, 0.6) is 0 Å². The van der Waals surface area contributed by atoms with Crippen molar-refractivity contribution < 1.29 is 0 Å². The molecule has 2 atom stereocenters. The Balaban J connectivity index is 2.24. The van der Waals surface area contributed by atoms with Gasteiger partial charge in [0.2, 0.25) is 0 Å². The number of hydrogen-bond donors (Lipinski definition) is 0. The monoisotopic (exact) mass is 310 g/mol. The van der Waals surface area contributed by atoms with Gasteiger partial charge in [0.05, 0.1) is 0 Å². The van der Waals surface area contributed by atoms with Gasteiger partial charge in [-0.3, -0.25) is 0 Å². The molecule has 1 rings (SSSR count). The first-order valence-electron chi connectivity index (χ1n) is 10.2. The van der Waals surface area contributed by atoms with Crippen LogP contribution in [0.15, 0.2) is 0 Å². The lowest BCUT2D eigenvalue weighted by molar-refractivity contribution is 0.100. The largest absolute Gasteiger partial charge is 0.301 e. The SMILES string of the molecule is CCCCC(CC)CN1CCN(C[C@H](CC)CCCC)CC1. The third-order valence-electron chi connectivity index (χ3n) is 5.58. The first-order chi connectivity index (χ1) is 10.7. The van der Waals surface area contributed by atoms with Crippen molar-refractivity contribution in [2.45, 2.75) is 79.1 Å². The smallest absolute Gasteiger partial charge is 0.0110 e. The highest BCUT2D eigenvalue weighted by Crippen LogP contribution is 2.18. The molecular weight excluding hydrogens is 268 g/mol. The quantitative estimate of drug-likeness (QED) is 0.498. The number of unbranched alkanes of at least 4 members (excludes halogenated alkanes) is 2. The molecule has 0 amide bonds. The van der Waals surface area contributed by atoms with Gasteiger partial charge in [-0.25, -0.2) is 0 Å². The molecule has 1 aliphatic heterocycles. The van der Waals surface area contributed by atoms with Crippen LogP contribution in [-0.4, -0.2) is 49.1 Å². The van der Waals surface area contributed by atoms with Gasteiger partial charge in [0.25, 0.3) is 0 Å². The molecule has 1 fully saturated rings. The van der Waals surface area contributed by atoms with Crippen molar-refractivity contribution in [2.75, 3.05) is 39.3 Å². The lowest BCUT2D eigenvalue weighted by Crippen LogP contribution is -2.48. The van der Waals surface area contributed by atoms with Gasteiger partial charge in [-0.15, -0.1) is 0 Å². The molecule has 1 unspecified atom stereocenters. The molecule has 1 saturated heterocycles. The molecule has 0 bridgehead atoms. The second kappa shape index (κ2) is 12.4. The van der Waals surface area contributed by atoms with Gasteiger partial charge < -0.3 is 9.80 Å². The molecule has 0 N–H and O–H groups in total. The Morgan fingerprint density at radius 3 is 1.27 bits per heavy atom. The second-order valence-corrected chi connectivity index (χ2v) is 7.43. The van der Waals surface area contributed by atoms with Gasteiger partial charge >= 0.3 is 0 Å². The molecule has 1 aliphatic rings. The maximum Gasteiger partial charge on any atom is 0.0110 e. The Hall–Kier alpha value is -0.0800. The third-order valence-corrected chi connectivity index (χ3v) is 5.58. The van der Waals surface area contributed by atoms with Crippen molar-refractivity contribution in [3.63, 3.8) is 0 Å². The minimum atomic E-state index is 0.930. The summed E-state index contributed by atoms with van der Waals surface area (Å²) in [6.07, 6.45) is 11.1. The number of rotatable bonds is 12. The lowest BCUT2D eigenvalue weighted by Gasteiger charge is -2.37. The van der Waals surface area contributed by atoms with Crippen LogP contribution >= 0.6 is 0 Å². The maximum absolute atomic E-state index is 2.73. The summed E-state index contributed by atoms with van der Waals surface area (Å²) in [7, 11) is 0. The normalized spacial score (nSPS) is 20.2. The molecule has 2 nitrogen and oxygen atoms in total. The molecule has 0 saturated carbocycles. The average molecular weight is 311 g/mol. The van der Waals surface area contributed by atoms with Crippen LogP contribution < -0.4 is 0 Å². The number of nitrogens with zero attached hydrogens (tertiary/aromatic N) is 2. The second-order valence-electron chi connectivity index (χ2n) is 7.43. The van der Waals surface area contributed by atoms with E-state index >= 15 is 0 Å². The first kappa shape index (κ1) is 20.0. The molecule has 22 heavy (non-hydrogen) atoms. The highest BCUT2D eigenvalue weighted by atomic mass is 15.3. The van der Waals surface area contributed by atoms with Crippen LogP contribution in [0.25, 0.3) is 0 Å². The molecule has 132 valence electrons. The van der Waals surface area contributed by atoms with E-state index in [-0.39, 0.29) is 0 Å². The van der Waals surface area contributed by atoms with Gasteiger partial charge in [0.15, 0.2) is 0 Å². The van der Waals surface area contributed by atoms with Gasteiger partial charge in [-0.1, -0.05) is 66.2 Å². The van der Waals surface area contributed by atoms with E-state index < -0.39 is 0 Å². The van der Waals surface area contributed by atoms with Gasteiger partial charge in [-0.05, 0) is 24.7 Å². The predicted octanol–water partition coefficient (Wildman–Crippen LogP) is 5.04. The van der Waals surface area contributed by atoms with Crippen LogP contribution in [0.1, 0.15) is 79.1 Å². The maximum atomic E-state index is 2.73. The zero-order valence-electron chi connectivity index (χ0n) is 15.9. The number of piperazine rings is 1. The molecule has 0 spiro atoms. The van der Waals surface area contributed by atoms with E-state index in [0.717, 1.165) is 11.8 Å². The molecule has 0 radical (unpaired) electrons. The first-order valence-corrected chi connectivity index (χ1v) is 10.2. The van der Waals surface area contributed by atoms with Crippen LogP contribution in [-0.2, 0) is 0 Å². The summed E-state index contributed by atoms with van der Waals surface area (Å²) in [6.45, 7) is 17.3. The highest BCUT2D eigenvalue weighted by molar-refractivity contribution is 4.76. The summed E-state index contributed by atoms with van der Waals surface area (Å²) in [6, 6.07) is 0. The fourth-order valence-corrected chi connectivity index (χ4v) is 3.72. The molecule has 1 heterocycles. The Labute approximate surface area is 140 Å². The molecule has 0 aromatic heterocycles. The van der Waals surface area contributed by atoms with Crippen molar-refractivity contribution in [1.82, 2.24) is 9.80 Å². The highest BCUT2D eigenvalue weighted by Gasteiger charge is 2.21. The van der Waals surface area contributed by atoms with Crippen LogP contribution in [0.3, 0.4) is 0 Å². The fraction of sp³-hybridized carbons (Fsp3) is 1.00. The van der Waals surface area contributed by atoms with Crippen molar-refractivity contribution >= 4 is 0 Å². The molecule has 0 aromatic carbocycles. The molecule has 2 heteroatoms. The van der Waals surface area contributed by atoms with E-state index in [1.54, 1.807) is 0 Å². The van der Waals surface area contributed by atoms with E-state index in [9.17, 15) is 0 Å². The lowest BCUT2D eigenvalue weighted by atomic mass is 9.97. The third kappa shape index (κ3) is 7.97. The minimum Gasteiger partial charge on any atom is -0.301 e. The minimum absolute atomic E-state index is 0.930. The molecule has 0 aromatic rings. The van der Waals surface area contributed by atoms with Crippen molar-refractivity contribution in [2.24, 2.45) is 11.8 Å². The van der Waals surface area contributed by atoms with Crippen LogP contribution in [0.4, 0.5) is 0 Å². The van der Waals surface area contributed by atoms with E-state index in [0.29, 0.717) is 0 Å². The summed E-state index contributed by atoms with van der Waals surface area (Å²) in [5.74, 6) is 1.86. The van der Waals surface area contributed by atoms with Crippen LogP contribution in [0, 0.1) is 11.8 Å². The molecular formula is C20H42N2. The Morgan fingerprint density at radius 1 is 0.636 bits per heavy atom. The molecule has 0 aliphatic carbocycles. The topological polar surface area (TPSA) is 6.48 Å². The zero-order valence-corrected chi connectivity index (χ0v) is 15.9. The predicted molar refractivity (Wildman–Crippen MR) is 99.5 cm³/mol. The standard InChI is InChI=1S/C20H42N2/c1-5-9-11-19(7-3)17-21-13-15-22(16-14-21)18-20(8-4)12-10-6-2/h19-20H,5-18H2,1-4H3/t19-,20?/m1/s1. The Kier molecular flexibility index (Phi) is 11.2. The number of hydrogen-bond acceptors (Lipinski definition) is 2. The van der Waals surface area contributed by atoms with Gasteiger partial charge in [0.1, 0.15) is 0 Å². The van der Waals surface area contributed by atoms with Crippen molar-refractivity contribution in [3.05, 3.63) is 0 Å². The summed E-state index contributed by atoms with van der Waals surface area (Å²) in [4.78, 5) is 5.46. The fourth-order valence-electron chi connectivity index (χ4n) is 3.72. The van der Waals surface area contributed by atoms with E-state index in [1.807, 2.05) is 0 Å². The summed E-state index contributed by atoms with van der Waals surface area (Å²) >= 11 is 0. The zero-order chi connectivity index (χ0) is 16.2. The summed E-state index contributed by atoms with van der Waals surface area (Å²) in [5.41, 5.74) is 0. The average Bonchev–Trinajstić information content (AvgIpc) is 2.56. The summed E-state index contributed by atoms with van der Waals surface area (Å²) in [5, 5.41) is 0. The van der Waals surface area contributed by atoms with Crippen molar-refractivity contribution in [1.29, 1.82) is 0 Å². The van der Waals surface area contributed by atoms with E-state index in [4.69, 9.17) is 0 Å². The van der Waals surface area contributed by atoms with Gasteiger partial charge in [-0.2, -0.15) is 0 Å². The van der Waals surface area contributed by atoms with E-state index in [2.05, 4.69) is 37.5 Å². The Bertz CT molecular complexity index is 220. The summed E-state index contributed by atoms with van der Waals surface area (Å²) < 4.78 is 0. The van der Waals surface area contributed by atoms with Gasteiger partial charge in [0, 0.05) is 39.3 Å². The Morgan fingerprint density at radius 2 is 1.00 bits per heavy atom. The van der Waals surface area contributed by atoms with E-state index in [1.165, 1.54) is 90.6 Å².